The van der Waals surface area contributed by atoms with Gasteiger partial charge in [0.15, 0.2) is 0 Å². The average Bonchev–Trinajstić information content (AvgIpc) is 2.43. The second-order valence-electron chi connectivity index (χ2n) is 1.83. The Morgan fingerprint density at radius 3 is 2.10 bits per heavy atom. The Bertz CT molecular complexity index is 219. The minimum absolute atomic E-state index is 0.370. The average molecular weight is 168 g/mol. The van der Waals surface area contributed by atoms with E-state index in [2.05, 4.69) is 0 Å². The maximum absolute atomic E-state index is 8.46. The van der Waals surface area contributed by atoms with Crippen molar-refractivity contribution >= 4 is 17.2 Å². The van der Waals surface area contributed by atoms with Gasteiger partial charge in [0.25, 0.3) is 0 Å². The highest BCUT2D eigenvalue weighted by Gasteiger charge is 2.11. The molecular weight excluding hydrogens is 162 g/mol. The van der Waals surface area contributed by atoms with Gasteiger partial charge in [-0.3, -0.25) is 0 Å². The largest absolute Gasteiger partial charge is 0.192 e. The highest BCUT2D eigenvalue weighted by molar-refractivity contribution is 7.67. The van der Waals surface area contributed by atoms with Gasteiger partial charge in [0, 0.05) is 0 Å². The summed E-state index contributed by atoms with van der Waals surface area (Å²) in [5.41, 5.74) is 0.370. The van der Waals surface area contributed by atoms with Crippen LogP contribution in [-0.2, 0) is 0 Å². The summed E-state index contributed by atoms with van der Waals surface area (Å²) < 4.78 is 0. The van der Waals surface area contributed by atoms with Gasteiger partial charge < -0.3 is 0 Å². The number of hydrogen-bond donors (Lipinski definition) is 0. The molecule has 1 saturated heterocycles. The van der Waals surface area contributed by atoms with Crippen molar-refractivity contribution in [3.05, 3.63) is 10.6 Å². The van der Waals surface area contributed by atoms with Crippen LogP contribution < -0.4 is 0 Å². The Hall–Kier alpha value is -0.420. The summed E-state index contributed by atoms with van der Waals surface area (Å²) in [5.74, 6) is 0. The van der Waals surface area contributed by atoms with Crippen molar-refractivity contribution in [1.82, 2.24) is 0 Å². The molecule has 4 heteroatoms. The summed E-state index contributed by atoms with van der Waals surface area (Å²) in [6.45, 7) is 0. The second kappa shape index (κ2) is 3.68. The van der Waals surface area contributed by atoms with Gasteiger partial charge in [-0.15, -0.1) is 0 Å². The molecule has 0 saturated carbocycles. The number of allylic oxidation sites excluding steroid dienone is 1. The predicted octanol–water partition coefficient (Wildman–Crippen LogP) is 1.62. The Balaban J connectivity index is 2.85. The Kier molecular flexibility index (Phi) is 2.82. The molecule has 50 valence electrons. The standard InChI is InChI=1S/C6H6N2P2/c7-3-5(4-8)6-9-1-2-10-6/h9-10H,1-2H2. The molecule has 1 aliphatic heterocycles. The SMILES string of the molecule is N#CC(C#N)=C1PCCP1. The van der Waals surface area contributed by atoms with E-state index < -0.39 is 0 Å². The molecule has 1 fully saturated rings. The Labute approximate surface area is 63.5 Å². The molecule has 1 rings (SSSR count). The van der Waals surface area contributed by atoms with E-state index in [1.54, 1.807) is 0 Å². The van der Waals surface area contributed by atoms with Crippen molar-refractivity contribution in [2.24, 2.45) is 0 Å². The summed E-state index contributed by atoms with van der Waals surface area (Å²) >= 11 is 0. The number of hydrogen-bond acceptors (Lipinski definition) is 2. The predicted molar refractivity (Wildman–Crippen MR) is 44.6 cm³/mol. The van der Waals surface area contributed by atoms with Crippen LogP contribution in [0.5, 0.6) is 0 Å². The van der Waals surface area contributed by atoms with E-state index >= 15 is 0 Å². The monoisotopic (exact) mass is 168 g/mol. The van der Waals surface area contributed by atoms with E-state index in [9.17, 15) is 0 Å². The number of nitriles is 2. The van der Waals surface area contributed by atoms with E-state index in [0.717, 1.165) is 22.2 Å². The van der Waals surface area contributed by atoms with E-state index in [0.29, 0.717) is 5.57 Å². The third kappa shape index (κ3) is 1.54. The molecule has 0 aromatic carbocycles. The molecule has 0 N–H and O–H groups in total. The summed E-state index contributed by atoms with van der Waals surface area (Å²) in [6.07, 6.45) is 2.36. The molecule has 0 amide bonds. The van der Waals surface area contributed by atoms with Gasteiger partial charge in [0.1, 0.15) is 17.7 Å². The summed E-state index contributed by atoms with van der Waals surface area (Å²) in [6, 6.07) is 3.85. The van der Waals surface area contributed by atoms with Crippen molar-refractivity contribution in [3.8, 4) is 12.1 Å². The normalized spacial score (nSPS) is 20.8. The van der Waals surface area contributed by atoms with Gasteiger partial charge in [-0.2, -0.15) is 10.5 Å². The molecule has 1 heterocycles. The highest BCUT2D eigenvalue weighted by Crippen LogP contribution is 2.48. The van der Waals surface area contributed by atoms with Crippen LogP contribution in [0.3, 0.4) is 0 Å². The molecular formula is C6H6N2P2. The minimum Gasteiger partial charge on any atom is -0.192 e. The minimum atomic E-state index is 0.370. The van der Waals surface area contributed by atoms with Crippen LogP contribution in [0.15, 0.2) is 10.6 Å². The molecule has 0 radical (unpaired) electrons. The molecule has 2 atom stereocenters. The van der Waals surface area contributed by atoms with E-state index in [1.807, 2.05) is 12.1 Å². The first kappa shape index (κ1) is 7.68. The molecule has 0 aromatic rings. The third-order valence-corrected chi connectivity index (χ3v) is 4.97. The molecule has 0 aliphatic carbocycles. The molecule has 1 aliphatic rings. The molecule has 2 nitrogen and oxygen atoms in total. The van der Waals surface area contributed by atoms with Crippen LogP contribution >= 0.6 is 17.2 Å². The summed E-state index contributed by atoms with van der Waals surface area (Å²) in [5, 5.41) is 18.0. The maximum Gasteiger partial charge on any atom is 0.137 e. The zero-order valence-electron chi connectivity index (χ0n) is 5.31. The third-order valence-electron chi connectivity index (χ3n) is 1.20. The number of nitrogens with zero attached hydrogens (tertiary/aromatic N) is 2. The molecule has 2 unspecified atom stereocenters. The van der Waals surface area contributed by atoms with Crippen molar-refractivity contribution in [2.75, 3.05) is 12.3 Å². The molecule has 10 heavy (non-hydrogen) atoms. The van der Waals surface area contributed by atoms with Crippen molar-refractivity contribution in [3.63, 3.8) is 0 Å². The van der Waals surface area contributed by atoms with Crippen LogP contribution in [0, 0.1) is 22.7 Å². The first-order valence-electron chi connectivity index (χ1n) is 2.90. The van der Waals surface area contributed by atoms with Crippen molar-refractivity contribution in [2.45, 2.75) is 0 Å². The van der Waals surface area contributed by atoms with Gasteiger partial charge in [0.2, 0.25) is 0 Å². The fourth-order valence-electron chi connectivity index (χ4n) is 0.751. The van der Waals surface area contributed by atoms with Gasteiger partial charge in [-0.1, -0.05) is 17.2 Å². The van der Waals surface area contributed by atoms with Gasteiger partial charge >= 0.3 is 0 Å². The summed E-state index contributed by atoms with van der Waals surface area (Å²) in [4.78, 5) is 0. The molecule has 0 bridgehead atoms. The van der Waals surface area contributed by atoms with Crippen molar-refractivity contribution in [1.29, 1.82) is 10.5 Å². The lowest BCUT2D eigenvalue weighted by molar-refractivity contribution is 1.47. The lowest BCUT2D eigenvalue weighted by atomic mass is 10.4. The lowest BCUT2D eigenvalue weighted by Crippen LogP contribution is -1.70. The summed E-state index contributed by atoms with van der Waals surface area (Å²) in [7, 11) is 1.48. The highest BCUT2D eigenvalue weighted by atomic mass is 31.1. The van der Waals surface area contributed by atoms with Gasteiger partial charge in [-0.05, 0) is 17.4 Å². The first-order valence-corrected chi connectivity index (χ1v) is 5.32. The van der Waals surface area contributed by atoms with Crippen LogP contribution in [0.2, 0.25) is 0 Å². The molecule has 0 spiro atoms. The fourth-order valence-corrected chi connectivity index (χ4v) is 4.08. The smallest absolute Gasteiger partial charge is 0.137 e. The Morgan fingerprint density at radius 2 is 1.70 bits per heavy atom. The zero-order chi connectivity index (χ0) is 7.40. The van der Waals surface area contributed by atoms with Crippen LogP contribution in [0.25, 0.3) is 0 Å². The van der Waals surface area contributed by atoms with Gasteiger partial charge in [-0.25, -0.2) is 0 Å². The topological polar surface area (TPSA) is 47.6 Å². The maximum atomic E-state index is 8.46. The van der Waals surface area contributed by atoms with Crippen molar-refractivity contribution < 1.29 is 0 Å². The van der Waals surface area contributed by atoms with E-state index in [-0.39, 0.29) is 0 Å². The Morgan fingerprint density at radius 1 is 1.20 bits per heavy atom. The van der Waals surface area contributed by atoms with E-state index in [4.69, 9.17) is 10.5 Å². The van der Waals surface area contributed by atoms with Crippen LogP contribution in [0.4, 0.5) is 0 Å². The lowest BCUT2D eigenvalue weighted by Gasteiger charge is -1.90. The first-order chi connectivity index (χ1) is 4.88. The van der Waals surface area contributed by atoms with Gasteiger partial charge in [0.05, 0.1) is 0 Å². The molecule has 0 aromatic heterocycles. The van der Waals surface area contributed by atoms with Crippen LogP contribution in [0.1, 0.15) is 0 Å². The quantitative estimate of drug-likeness (QED) is 0.407. The number of rotatable bonds is 0. The zero-order valence-corrected chi connectivity index (χ0v) is 7.31. The second-order valence-corrected chi connectivity index (χ2v) is 5.03. The van der Waals surface area contributed by atoms with E-state index in [1.165, 1.54) is 12.3 Å². The fraction of sp³-hybridized carbons (Fsp3) is 0.333. The van der Waals surface area contributed by atoms with Crippen LogP contribution in [-0.4, -0.2) is 12.3 Å².